The maximum absolute atomic E-state index is 11.5. The smallest absolute Gasteiger partial charge is 0.132 e. The molecule has 2 aliphatic carbocycles. The summed E-state index contributed by atoms with van der Waals surface area (Å²) in [5.74, 6) is 1.80. The van der Waals surface area contributed by atoms with Crippen molar-refractivity contribution in [1.29, 1.82) is 0 Å². The van der Waals surface area contributed by atoms with Gasteiger partial charge in [-0.15, -0.1) is 0 Å². The van der Waals surface area contributed by atoms with E-state index in [1.165, 1.54) is 0 Å². The topological polar surface area (TPSA) is 37.3 Å². The summed E-state index contributed by atoms with van der Waals surface area (Å²) in [7, 11) is 0. The Balaban J connectivity index is 2.12. The van der Waals surface area contributed by atoms with Crippen LogP contribution >= 0.6 is 0 Å². The lowest BCUT2D eigenvalue weighted by Gasteiger charge is -2.32. The number of allylic oxidation sites excluding steroid dienone is 2. The van der Waals surface area contributed by atoms with Gasteiger partial charge in [0.15, 0.2) is 0 Å². The van der Waals surface area contributed by atoms with Crippen molar-refractivity contribution in [1.82, 2.24) is 0 Å². The minimum absolute atomic E-state index is 0.0678. The van der Waals surface area contributed by atoms with E-state index in [1.54, 1.807) is 11.1 Å². The molecule has 0 radical (unpaired) electrons. The van der Waals surface area contributed by atoms with E-state index in [0.717, 1.165) is 64.2 Å². The molecule has 0 aromatic heterocycles. The van der Waals surface area contributed by atoms with Crippen LogP contribution in [-0.2, 0) is 4.79 Å². The second-order valence-electron chi connectivity index (χ2n) is 6.58. The van der Waals surface area contributed by atoms with Gasteiger partial charge in [-0.05, 0) is 63.2 Å². The van der Waals surface area contributed by atoms with Gasteiger partial charge in [0, 0.05) is 12.8 Å². The van der Waals surface area contributed by atoms with E-state index in [4.69, 9.17) is 0 Å². The first-order valence-electron chi connectivity index (χ1n) is 8.57. The Hall–Kier alpha value is -0.630. The third kappa shape index (κ3) is 3.72. The molecule has 2 fully saturated rings. The first kappa shape index (κ1) is 15.8. The van der Waals surface area contributed by atoms with E-state index in [-0.39, 0.29) is 6.10 Å². The fraction of sp³-hybridized carbons (Fsp3) is 0.833. The van der Waals surface area contributed by atoms with Crippen LogP contribution in [0.15, 0.2) is 11.1 Å². The summed E-state index contributed by atoms with van der Waals surface area (Å²) in [5, 5.41) is 9.70. The van der Waals surface area contributed by atoms with Gasteiger partial charge in [-0.3, -0.25) is 4.79 Å². The highest BCUT2D eigenvalue weighted by atomic mass is 16.3. The highest BCUT2D eigenvalue weighted by Crippen LogP contribution is 2.39. The monoisotopic (exact) mass is 278 g/mol. The predicted molar refractivity (Wildman–Crippen MR) is 82.5 cm³/mol. The van der Waals surface area contributed by atoms with Crippen LogP contribution in [0.25, 0.3) is 0 Å². The molecule has 2 heteroatoms. The number of aliphatic hydroxyl groups is 1. The normalized spacial score (nSPS) is 30.2. The molecule has 2 saturated carbocycles. The van der Waals surface area contributed by atoms with Gasteiger partial charge in [0.25, 0.3) is 0 Å². The summed E-state index contributed by atoms with van der Waals surface area (Å²) in [6.07, 6.45) is 10.2. The average molecular weight is 278 g/mol. The van der Waals surface area contributed by atoms with E-state index in [2.05, 4.69) is 13.8 Å². The number of carbonyl (C=O) groups excluding carboxylic acids is 1. The highest BCUT2D eigenvalue weighted by Gasteiger charge is 2.27. The molecule has 20 heavy (non-hydrogen) atoms. The zero-order valence-electron chi connectivity index (χ0n) is 13.2. The number of hydrogen-bond donors (Lipinski definition) is 1. The molecule has 0 amide bonds. The fourth-order valence-corrected chi connectivity index (χ4v) is 4.27. The summed E-state index contributed by atoms with van der Waals surface area (Å²) in [6.45, 7) is 4.56. The van der Waals surface area contributed by atoms with Crippen LogP contribution in [-0.4, -0.2) is 17.0 Å². The molecule has 0 aliphatic heterocycles. The Morgan fingerprint density at radius 1 is 0.900 bits per heavy atom. The molecular formula is C18H30O2. The molecule has 2 rings (SSSR count). The first-order valence-corrected chi connectivity index (χ1v) is 8.57. The van der Waals surface area contributed by atoms with Crippen LogP contribution in [0.3, 0.4) is 0 Å². The van der Waals surface area contributed by atoms with Crippen LogP contribution in [0.2, 0.25) is 0 Å². The lowest BCUT2D eigenvalue weighted by Crippen LogP contribution is -2.23. The average Bonchev–Trinajstić information content (AvgIpc) is 2.47. The summed E-state index contributed by atoms with van der Waals surface area (Å²) < 4.78 is 0. The van der Waals surface area contributed by atoms with Crippen molar-refractivity contribution in [3.8, 4) is 0 Å². The molecule has 0 bridgehead atoms. The van der Waals surface area contributed by atoms with Gasteiger partial charge in [-0.1, -0.05) is 25.0 Å². The van der Waals surface area contributed by atoms with Crippen LogP contribution < -0.4 is 0 Å². The first-order chi connectivity index (χ1) is 9.65. The zero-order valence-corrected chi connectivity index (χ0v) is 13.2. The van der Waals surface area contributed by atoms with Gasteiger partial charge >= 0.3 is 0 Å². The summed E-state index contributed by atoms with van der Waals surface area (Å²) in [4.78, 5) is 11.5. The number of aliphatic hydroxyl groups excluding tert-OH is 1. The van der Waals surface area contributed by atoms with Gasteiger partial charge in [0.1, 0.15) is 5.78 Å². The SMILES string of the molecule is CCC(=C(CC)C1CCC(O)CC1)C1CCC(=O)CC1. The van der Waals surface area contributed by atoms with Gasteiger partial charge in [0.2, 0.25) is 0 Å². The molecule has 2 nitrogen and oxygen atoms in total. The van der Waals surface area contributed by atoms with E-state index < -0.39 is 0 Å². The third-order valence-electron chi connectivity index (χ3n) is 5.40. The van der Waals surface area contributed by atoms with Crippen LogP contribution in [0.5, 0.6) is 0 Å². The molecule has 0 aromatic carbocycles. The Bertz CT molecular complexity index is 352. The lowest BCUT2D eigenvalue weighted by molar-refractivity contribution is -0.120. The number of ketones is 1. The Morgan fingerprint density at radius 2 is 1.35 bits per heavy atom. The summed E-state index contributed by atoms with van der Waals surface area (Å²) >= 11 is 0. The van der Waals surface area contributed by atoms with Crippen molar-refractivity contribution in [2.24, 2.45) is 11.8 Å². The molecule has 114 valence electrons. The number of carbonyl (C=O) groups is 1. The quantitative estimate of drug-likeness (QED) is 0.773. The second-order valence-corrected chi connectivity index (χ2v) is 6.58. The van der Waals surface area contributed by atoms with Crippen molar-refractivity contribution < 1.29 is 9.90 Å². The van der Waals surface area contributed by atoms with Crippen LogP contribution in [0.4, 0.5) is 0 Å². The van der Waals surface area contributed by atoms with Crippen molar-refractivity contribution in [2.45, 2.75) is 84.2 Å². The van der Waals surface area contributed by atoms with Crippen molar-refractivity contribution >= 4 is 5.78 Å². The molecular weight excluding hydrogens is 248 g/mol. The van der Waals surface area contributed by atoms with Crippen LogP contribution in [0.1, 0.15) is 78.1 Å². The Kier molecular flexibility index (Phi) is 5.83. The molecule has 2 aliphatic rings. The maximum Gasteiger partial charge on any atom is 0.132 e. The predicted octanol–water partition coefficient (Wildman–Crippen LogP) is 4.41. The molecule has 0 saturated heterocycles. The third-order valence-corrected chi connectivity index (χ3v) is 5.40. The maximum atomic E-state index is 11.5. The Labute approximate surface area is 123 Å². The minimum Gasteiger partial charge on any atom is -0.393 e. The molecule has 0 heterocycles. The minimum atomic E-state index is -0.0678. The molecule has 0 unspecified atom stereocenters. The zero-order chi connectivity index (χ0) is 14.5. The largest absolute Gasteiger partial charge is 0.393 e. The highest BCUT2D eigenvalue weighted by molar-refractivity contribution is 5.79. The van der Waals surface area contributed by atoms with Crippen molar-refractivity contribution in [2.75, 3.05) is 0 Å². The van der Waals surface area contributed by atoms with Gasteiger partial charge < -0.3 is 5.11 Å². The van der Waals surface area contributed by atoms with Crippen molar-refractivity contribution in [3.63, 3.8) is 0 Å². The standard InChI is InChI=1S/C18H30O2/c1-3-17(13-5-9-15(19)10-6-13)18(4-2)14-7-11-16(20)12-8-14/h13-15,19H,3-12H2,1-2H3. The van der Waals surface area contributed by atoms with Gasteiger partial charge in [-0.25, -0.2) is 0 Å². The molecule has 0 aromatic rings. The van der Waals surface area contributed by atoms with E-state index in [9.17, 15) is 9.90 Å². The van der Waals surface area contributed by atoms with E-state index in [0.29, 0.717) is 17.6 Å². The summed E-state index contributed by atoms with van der Waals surface area (Å²) in [6, 6.07) is 0. The van der Waals surface area contributed by atoms with Crippen LogP contribution in [0, 0.1) is 11.8 Å². The number of hydrogen-bond acceptors (Lipinski definition) is 2. The molecule has 0 spiro atoms. The fourth-order valence-electron chi connectivity index (χ4n) is 4.27. The second kappa shape index (κ2) is 7.40. The summed E-state index contributed by atoms with van der Waals surface area (Å²) in [5.41, 5.74) is 3.32. The van der Waals surface area contributed by atoms with Gasteiger partial charge in [0.05, 0.1) is 6.10 Å². The number of Topliss-reactive ketones (excluding diaryl/α,β-unsaturated/α-hetero) is 1. The lowest BCUT2D eigenvalue weighted by atomic mass is 9.74. The molecule has 0 atom stereocenters. The Morgan fingerprint density at radius 3 is 1.80 bits per heavy atom. The van der Waals surface area contributed by atoms with Crippen molar-refractivity contribution in [3.05, 3.63) is 11.1 Å². The molecule has 1 N–H and O–H groups in total. The van der Waals surface area contributed by atoms with Gasteiger partial charge in [-0.2, -0.15) is 0 Å². The van der Waals surface area contributed by atoms with E-state index >= 15 is 0 Å². The van der Waals surface area contributed by atoms with E-state index in [1.807, 2.05) is 0 Å². The number of rotatable bonds is 4.